The second-order valence-electron chi connectivity index (χ2n) is 6.94. The maximum atomic E-state index is 12.7. The predicted molar refractivity (Wildman–Crippen MR) is 115 cm³/mol. The SMILES string of the molecule is CSc1nc(=O)[nH]c(C)c1C(=O)NC1CCN(CCOc2ccc(Cl)cc2)CC1. The van der Waals surface area contributed by atoms with E-state index in [9.17, 15) is 9.59 Å². The number of ether oxygens (including phenoxy) is 1. The minimum absolute atomic E-state index is 0.108. The summed E-state index contributed by atoms with van der Waals surface area (Å²) in [6.07, 6.45) is 3.55. The Hall–Kier alpha value is -2.03. The molecule has 0 spiro atoms. The normalized spacial score (nSPS) is 15.3. The molecular formula is C20H25ClN4O3S. The number of amides is 1. The Morgan fingerprint density at radius 2 is 2.03 bits per heavy atom. The number of carbonyl (C=O) groups excluding carboxylic acids is 1. The molecule has 1 fully saturated rings. The Morgan fingerprint density at radius 1 is 1.34 bits per heavy atom. The number of rotatable bonds is 7. The first kappa shape index (κ1) is 21.7. The predicted octanol–water partition coefficient (Wildman–Crippen LogP) is 2.73. The number of halogens is 1. The van der Waals surface area contributed by atoms with Crippen molar-refractivity contribution in [1.29, 1.82) is 0 Å². The molecule has 0 aliphatic carbocycles. The van der Waals surface area contributed by atoms with Crippen LogP contribution in [0.5, 0.6) is 5.75 Å². The van der Waals surface area contributed by atoms with Gasteiger partial charge in [-0.1, -0.05) is 11.6 Å². The average Bonchev–Trinajstić information content (AvgIpc) is 2.70. The van der Waals surface area contributed by atoms with Crippen molar-refractivity contribution >= 4 is 29.3 Å². The van der Waals surface area contributed by atoms with Crippen LogP contribution >= 0.6 is 23.4 Å². The van der Waals surface area contributed by atoms with Crippen molar-refractivity contribution < 1.29 is 9.53 Å². The molecule has 1 aliphatic rings. The second-order valence-corrected chi connectivity index (χ2v) is 8.17. The molecule has 2 N–H and O–H groups in total. The van der Waals surface area contributed by atoms with Gasteiger partial charge >= 0.3 is 5.69 Å². The van der Waals surface area contributed by atoms with Crippen LogP contribution in [0.25, 0.3) is 0 Å². The van der Waals surface area contributed by atoms with Crippen LogP contribution in [0.1, 0.15) is 28.9 Å². The van der Waals surface area contributed by atoms with Gasteiger partial charge in [0.2, 0.25) is 0 Å². The molecule has 29 heavy (non-hydrogen) atoms. The fraction of sp³-hybridized carbons (Fsp3) is 0.450. The molecule has 1 aromatic carbocycles. The maximum Gasteiger partial charge on any atom is 0.346 e. The standard InChI is InChI=1S/C20H25ClN4O3S/c1-13-17(19(29-2)24-20(27)22-13)18(26)23-15-7-9-25(10-8-15)11-12-28-16-5-3-14(21)4-6-16/h3-6,15H,7-12H2,1-2H3,(H,23,26)(H,22,24,27). The summed E-state index contributed by atoms with van der Waals surface area (Å²) in [4.78, 5) is 33.1. The van der Waals surface area contributed by atoms with Crippen LogP contribution < -0.4 is 15.7 Å². The number of hydrogen-bond acceptors (Lipinski definition) is 6. The maximum absolute atomic E-state index is 12.7. The molecule has 1 saturated heterocycles. The van der Waals surface area contributed by atoms with Crippen molar-refractivity contribution in [3.63, 3.8) is 0 Å². The zero-order chi connectivity index (χ0) is 20.8. The molecular weight excluding hydrogens is 412 g/mol. The first-order valence-corrected chi connectivity index (χ1v) is 11.1. The van der Waals surface area contributed by atoms with Gasteiger partial charge < -0.3 is 15.0 Å². The number of likely N-dealkylation sites (tertiary alicyclic amines) is 1. The highest BCUT2D eigenvalue weighted by Crippen LogP contribution is 2.19. The van der Waals surface area contributed by atoms with Gasteiger partial charge in [0.05, 0.1) is 5.56 Å². The highest BCUT2D eigenvalue weighted by atomic mass is 35.5. The third-order valence-electron chi connectivity index (χ3n) is 4.92. The Labute approximate surface area is 179 Å². The monoisotopic (exact) mass is 436 g/mol. The smallest absolute Gasteiger partial charge is 0.346 e. The van der Waals surface area contributed by atoms with E-state index in [-0.39, 0.29) is 11.9 Å². The van der Waals surface area contributed by atoms with Crippen molar-refractivity contribution in [1.82, 2.24) is 20.2 Å². The summed E-state index contributed by atoms with van der Waals surface area (Å²) in [7, 11) is 0. The van der Waals surface area contributed by atoms with Gasteiger partial charge in [0.1, 0.15) is 17.4 Å². The molecule has 0 atom stereocenters. The number of benzene rings is 1. The number of aromatic amines is 1. The van der Waals surface area contributed by atoms with E-state index in [0.29, 0.717) is 27.9 Å². The highest BCUT2D eigenvalue weighted by Gasteiger charge is 2.24. The fourth-order valence-electron chi connectivity index (χ4n) is 3.36. The molecule has 1 aliphatic heterocycles. The van der Waals surface area contributed by atoms with Crippen LogP contribution in [-0.2, 0) is 0 Å². The molecule has 0 saturated carbocycles. The molecule has 0 unspecified atom stereocenters. The van der Waals surface area contributed by atoms with E-state index in [1.807, 2.05) is 30.5 Å². The van der Waals surface area contributed by atoms with E-state index < -0.39 is 5.69 Å². The zero-order valence-electron chi connectivity index (χ0n) is 16.5. The van der Waals surface area contributed by atoms with Crippen molar-refractivity contribution in [2.75, 3.05) is 32.5 Å². The lowest BCUT2D eigenvalue weighted by molar-refractivity contribution is 0.0900. The largest absolute Gasteiger partial charge is 0.492 e. The van der Waals surface area contributed by atoms with Gasteiger partial charge in [-0.15, -0.1) is 11.8 Å². The molecule has 0 bridgehead atoms. The minimum Gasteiger partial charge on any atom is -0.492 e. The van der Waals surface area contributed by atoms with Gasteiger partial charge in [-0.05, 0) is 50.3 Å². The van der Waals surface area contributed by atoms with E-state index in [0.717, 1.165) is 38.2 Å². The minimum atomic E-state index is -0.433. The van der Waals surface area contributed by atoms with Crippen LogP contribution in [-0.4, -0.2) is 59.3 Å². The third-order valence-corrected chi connectivity index (χ3v) is 5.85. The quantitative estimate of drug-likeness (QED) is 0.512. The molecule has 7 nitrogen and oxygen atoms in total. The summed E-state index contributed by atoms with van der Waals surface area (Å²) in [5.74, 6) is 0.631. The Bertz CT molecular complexity index is 896. The van der Waals surface area contributed by atoms with Crippen molar-refractivity contribution in [3.8, 4) is 5.75 Å². The molecule has 1 amide bonds. The van der Waals surface area contributed by atoms with E-state index in [1.54, 1.807) is 6.92 Å². The molecule has 0 radical (unpaired) electrons. The topological polar surface area (TPSA) is 87.3 Å². The van der Waals surface area contributed by atoms with Crippen LogP contribution in [0.2, 0.25) is 5.02 Å². The van der Waals surface area contributed by atoms with E-state index in [4.69, 9.17) is 16.3 Å². The molecule has 1 aromatic heterocycles. The van der Waals surface area contributed by atoms with Gasteiger partial charge in [-0.2, -0.15) is 4.98 Å². The van der Waals surface area contributed by atoms with Crippen molar-refractivity contribution in [3.05, 3.63) is 51.0 Å². The lowest BCUT2D eigenvalue weighted by Gasteiger charge is -2.32. The number of aryl methyl sites for hydroxylation is 1. The van der Waals surface area contributed by atoms with Gasteiger partial charge in [0, 0.05) is 36.4 Å². The number of hydrogen-bond donors (Lipinski definition) is 2. The van der Waals surface area contributed by atoms with Crippen LogP contribution in [0.15, 0.2) is 34.1 Å². The number of aromatic nitrogens is 2. The number of nitrogens with one attached hydrogen (secondary N) is 2. The lowest BCUT2D eigenvalue weighted by atomic mass is 10.0. The summed E-state index contributed by atoms with van der Waals surface area (Å²) in [5.41, 5.74) is 0.567. The summed E-state index contributed by atoms with van der Waals surface area (Å²) < 4.78 is 5.75. The Morgan fingerprint density at radius 3 is 2.69 bits per heavy atom. The number of nitrogens with zero attached hydrogens (tertiary/aromatic N) is 2. The summed E-state index contributed by atoms with van der Waals surface area (Å²) in [6, 6.07) is 7.46. The highest BCUT2D eigenvalue weighted by molar-refractivity contribution is 7.98. The number of carbonyl (C=O) groups is 1. The van der Waals surface area contributed by atoms with Gasteiger partial charge in [0.25, 0.3) is 5.91 Å². The fourth-order valence-corrected chi connectivity index (χ4v) is 4.11. The van der Waals surface area contributed by atoms with Gasteiger partial charge in [-0.3, -0.25) is 9.69 Å². The molecule has 9 heteroatoms. The van der Waals surface area contributed by atoms with Gasteiger partial charge in [0.15, 0.2) is 0 Å². The van der Waals surface area contributed by atoms with Crippen molar-refractivity contribution in [2.24, 2.45) is 0 Å². The molecule has 156 valence electrons. The Kier molecular flexibility index (Phi) is 7.57. The van der Waals surface area contributed by atoms with E-state index in [2.05, 4.69) is 20.2 Å². The molecule has 2 heterocycles. The van der Waals surface area contributed by atoms with E-state index in [1.165, 1.54) is 11.8 Å². The lowest BCUT2D eigenvalue weighted by Crippen LogP contribution is -2.46. The summed E-state index contributed by atoms with van der Waals surface area (Å²) >= 11 is 7.18. The first-order chi connectivity index (χ1) is 14.0. The van der Waals surface area contributed by atoms with Crippen molar-refractivity contribution in [2.45, 2.75) is 30.8 Å². The van der Waals surface area contributed by atoms with Crippen LogP contribution in [0.4, 0.5) is 0 Å². The average molecular weight is 437 g/mol. The third kappa shape index (κ3) is 5.98. The first-order valence-electron chi connectivity index (χ1n) is 9.52. The van der Waals surface area contributed by atoms with Crippen LogP contribution in [0.3, 0.4) is 0 Å². The second kappa shape index (κ2) is 10.1. The van der Waals surface area contributed by atoms with Gasteiger partial charge in [-0.25, -0.2) is 4.79 Å². The molecule has 3 rings (SSSR count). The summed E-state index contributed by atoms with van der Waals surface area (Å²) in [6.45, 7) is 4.96. The van der Waals surface area contributed by atoms with Crippen LogP contribution in [0, 0.1) is 6.92 Å². The number of piperidine rings is 1. The number of thioether (sulfide) groups is 1. The summed E-state index contributed by atoms with van der Waals surface area (Å²) in [5, 5.41) is 4.25. The zero-order valence-corrected chi connectivity index (χ0v) is 18.1. The number of H-pyrrole nitrogens is 1. The van der Waals surface area contributed by atoms with E-state index >= 15 is 0 Å². The Balaban J connectivity index is 1.45. The molecule has 2 aromatic rings.